The summed E-state index contributed by atoms with van der Waals surface area (Å²) in [5, 5.41) is 12.7. The summed E-state index contributed by atoms with van der Waals surface area (Å²) in [6, 6.07) is 0. The van der Waals surface area contributed by atoms with E-state index in [1.54, 1.807) is 0 Å². The summed E-state index contributed by atoms with van der Waals surface area (Å²) in [6.45, 7) is 3.51. The van der Waals surface area contributed by atoms with Gasteiger partial charge in [0, 0.05) is 19.4 Å². The van der Waals surface area contributed by atoms with Crippen LogP contribution in [0.15, 0.2) is 24.3 Å². The van der Waals surface area contributed by atoms with E-state index < -0.39 is 26.5 Å². The van der Waals surface area contributed by atoms with Gasteiger partial charge in [-0.1, -0.05) is 147 Å². The number of hydrogen-bond acceptors (Lipinski definition) is 7. The molecule has 0 aromatic carbocycles. The van der Waals surface area contributed by atoms with E-state index in [0.29, 0.717) is 6.42 Å². The Morgan fingerprint density at radius 2 is 1.10 bits per heavy atom. The van der Waals surface area contributed by atoms with Crippen LogP contribution in [0.3, 0.4) is 0 Å². The minimum atomic E-state index is -4.41. The second-order valence-electron chi connectivity index (χ2n) is 13.3. The SMILES string of the molecule is CCCCC/C=C\C/C=C\CCCCCCCCCC(=O)OCC(O)COP(=O)(O)OCCNC(=O)CCCCCCCCCCCCC. The second kappa shape index (κ2) is 36.3. The van der Waals surface area contributed by atoms with Gasteiger partial charge in [-0.2, -0.15) is 0 Å². The molecule has 0 aliphatic rings. The average molecular weight is 716 g/mol. The van der Waals surface area contributed by atoms with Gasteiger partial charge in [-0.15, -0.1) is 0 Å². The van der Waals surface area contributed by atoms with Crippen molar-refractivity contribution < 1.29 is 37.9 Å². The third kappa shape index (κ3) is 37.6. The van der Waals surface area contributed by atoms with Gasteiger partial charge in [-0.3, -0.25) is 18.6 Å². The van der Waals surface area contributed by atoms with Crippen molar-refractivity contribution in [3.05, 3.63) is 24.3 Å². The monoisotopic (exact) mass is 716 g/mol. The Bertz CT molecular complexity index is 866. The molecule has 0 radical (unpaired) electrons. The van der Waals surface area contributed by atoms with Crippen LogP contribution in [0.1, 0.15) is 181 Å². The molecule has 0 bridgehead atoms. The predicted molar refractivity (Wildman–Crippen MR) is 201 cm³/mol. The number of unbranched alkanes of at least 4 members (excludes halogenated alkanes) is 20. The lowest BCUT2D eigenvalue weighted by Gasteiger charge is -2.15. The minimum absolute atomic E-state index is 0.0834. The van der Waals surface area contributed by atoms with E-state index >= 15 is 0 Å². The number of carbonyl (C=O) groups is 2. The summed E-state index contributed by atoms with van der Waals surface area (Å²) in [5.74, 6) is -0.523. The van der Waals surface area contributed by atoms with E-state index in [9.17, 15) is 24.2 Å². The molecule has 3 N–H and O–H groups in total. The quantitative estimate of drug-likeness (QED) is 0.0251. The lowest BCUT2D eigenvalue weighted by Crippen LogP contribution is -2.27. The van der Waals surface area contributed by atoms with E-state index in [1.807, 2.05) is 0 Å². The van der Waals surface area contributed by atoms with Crippen LogP contribution in [0.25, 0.3) is 0 Å². The molecule has 10 heteroatoms. The first kappa shape index (κ1) is 47.5. The van der Waals surface area contributed by atoms with E-state index in [-0.39, 0.29) is 32.1 Å². The Kier molecular flexibility index (Phi) is 35.2. The van der Waals surface area contributed by atoms with Crippen molar-refractivity contribution in [1.29, 1.82) is 0 Å². The molecular formula is C39H74NO8P. The lowest BCUT2D eigenvalue weighted by molar-refractivity contribution is -0.147. The van der Waals surface area contributed by atoms with Crippen LogP contribution in [-0.2, 0) is 27.9 Å². The first-order valence-electron chi connectivity index (χ1n) is 19.8. The Hall–Kier alpha value is -1.51. The van der Waals surface area contributed by atoms with Crippen LogP contribution in [0, 0.1) is 0 Å². The van der Waals surface area contributed by atoms with Crippen molar-refractivity contribution in [2.75, 3.05) is 26.4 Å². The van der Waals surface area contributed by atoms with Crippen molar-refractivity contribution in [1.82, 2.24) is 5.32 Å². The molecule has 0 rings (SSSR count). The van der Waals surface area contributed by atoms with E-state index in [1.165, 1.54) is 96.3 Å². The van der Waals surface area contributed by atoms with Crippen LogP contribution < -0.4 is 5.32 Å². The van der Waals surface area contributed by atoms with Gasteiger partial charge in [0.25, 0.3) is 0 Å². The normalized spacial score (nSPS) is 13.6. The second-order valence-corrected chi connectivity index (χ2v) is 14.7. The van der Waals surface area contributed by atoms with Crippen molar-refractivity contribution in [3.8, 4) is 0 Å². The van der Waals surface area contributed by atoms with Crippen LogP contribution in [-0.4, -0.2) is 54.3 Å². The first-order valence-corrected chi connectivity index (χ1v) is 21.3. The molecule has 0 aromatic rings. The van der Waals surface area contributed by atoms with E-state index in [2.05, 4.69) is 43.5 Å². The lowest BCUT2D eigenvalue weighted by atomic mass is 10.1. The molecule has 9 nitrogen and oxygen atoms in total. The molecular weight excluding hydrogens is 641 g/mol. The van der Waals surface area contributed by atoms with E-state index in [0.717, 1.165) is 57.8 Å². The van der Waals surface area contributed by atoms with Gasteiger partial charge in [-0.05, 0) is 44.9 Å². The molecule has 0 heterocycles. The topological polar surface area (TPSA) is 131 Å². The molecule has 1 amide bonds. The zero-order chi connectivity index (χ0) is 36.1. The Balaban J connectivity index is 3.62. The first-order chi connectivity index (χ1) is 23.8. The number of carbonyl (C=O) groups excluding carboxylic acids is 2. The number of nitrogens with one attached hydrogen (secondary N) is 1. The smallest absolute Gasteiger partial charge is 0.463 e. The zero-order valence-electron chi connectivity index (χ0n) is 31.4. The van der Waals surface area contributed by atoms with Crippen LogP contribution in [0.4, 0.5) is 0 Å². The highest BCUT2D eigenvalue weighted by molar-refractivity contribution is 7.47. The minimum Gasteiger partial charge on any atom is -0.463 e. The average Bonchev–Trinajstić information content (AvgIpc) is 3.08. The molecule has 2 atom stereocenters. The molecule has 0 aliphatic heterocycles. The van der Waals surface area contributed by atoms with Crippen molar-refractivity contribution in [2.45, 2.75) is 187 Å². The van der Waals surface area contributed by atoms with Gasteiger partial charge in [0.15, 0.2) is 0 Å². The maximum atomic E-state index is 12.0. The number of phosphoric ester groups is 1. The molecule has 49 heavy (non-hydrogen) atoms. The molecule has 0 fully saturated rings. The number of rotatable bonds is 37. The highest BCUT2D eigenvalue weighted by Crippen LogP contribution is 2.42. The Morgan fingerprint density at radius 1 is 0.633 bits per heavy atom. The fourth-order valence-electron chi connectivity index (χ4n) is 5.35. The predicted octanol–water partition coefficient (Wildman–Crippen LogP) is 10.4. The van der Waals surface area contributed by atoms with E-state index in [4.69, 9.17) is 13.8 Å². The van der Waals surface area contributed by atoms with Gasteiger partial charge in [0.05, 0.1) is 13.2 Å². The standard InChI is InChI=1S/C39H74NO8P/c1-3-5-7-9-11-13-15-16-17-18-19-20-22-24-26-28-30-32-39(43)46-35-37(41)36-48-49(44,45)47-34-33-40-38(42)31-29-27-25-23-21-14-12-10-8-6-4-2/h11,13,16-17,37,41H,3-10,12,14-15,18-36H2,1-2H3,(H,40,42)(H,44,45)/b13-11-,17-16-. The molecule has 0 saturated heterocycles. The number of amides is 1. The highest BCUT2D eigenvalue weighted by Gasteiger charge is 2.23. The largest absolute Gasteiger partial charge is 0.472 e. The van der Waals surface area contributed by atoms with Crippen molar-refractivity contribution in [3.63, 3.8) is 0 Å². The summed E-state index contributed by atoms with van der Waals surface area (Å²) in [7, 11) is -4.41. The third-order valence-corrected chi connectivity index (χ3v) is 9.37. The molecule has 0 spiro atoms. The summed E-state index contributed by atoms with van der Waals surface area (Å²) in [6.07, 6.45) is 36.7. The summed E-state index contributed by atoms with van der Waals surface area (Å²) in [4.78, 5) is 33.7. The van der Waals surface area contributed by atoms with Crippen molar-refractivity contribution in [2.24, 2.45) is 0 Å². The molecule has 288 valence electrons. The number of aliphatic hydroxyl groups is 1. The number of ether oxygens (including phenoxy) is 1. The van der Waals surface area contributed by atoms with Gasteiger partial charge in [0.2, 0.25) is 5.91 Å². The van der Waals surface area contributed by atoms with Gasteiger partial charge >= 0.3 is 13.8 Å². The van der Waals surface area contributed by atoms with Gasteiger partial charge < -0.3 is 20.1 Å². The van der Waals surface area contributed by atoms with Crippen LogP contribution >= 0.6 is 7.82 Å². The zero-order valence-corrected chi connectivity index (χ0v) is 32.3. The maximum Gasteiger partial charge on any atom is 0.472 e. The molecule has 0 aromatic heterocycles. The Labute approximate surface area is 300 Å². The van der Waals surface area contributed by atoms with Crippen LogP contribution in [0.5, 0.6) is 0 Å². The summed E-state index contributed by atoms with van der Waals surface area (Å²) < 4.78 is 26.8. The number of aliphatic hydroxyl groups excluding tert-OH is 1. The van der Waals surface area contributed by atoms with Crippen molar-refractivity contribution >= 4 is 19.7 Å². The highest BCUT2D eigenvalue weighted by atomic mass is 31.2. The number of allylic oxidation sites excluding steroid dienone is 4. The third-order valence-electron chi connectivity index (χ3n) is 8.38. The Morgan fingerprint density at radius 3 is 1.67 bits per heavy atom. The summed E-state index contributed by atoms with van der Waals surface area (Å²) in [5.41, 5.74) is 0. The fraction of sp³-hybridized carbons (Fsp3) is 0.846. The molecule has 0 saturated carbocycles. The number of hydrogen-bond donors (Lipinski definition) is 3. The fourth-order valence-corrected chi connectivity index (χ4v) is 6.11. The number of esters is 1. The molecule has 2 unspecified atom stereocenters. The van der Waals surface area contributed by atoms with Gasteiger partial charge in [-0.25, -0.2) is 4.57 Å². The maximum absolute atomic E-state index is 12.0. The van der Waals surface area contributed by atoms with Crippen LogP contribution in [0.2, 0.25) is 0 Å². The van der Waals surface area contributed by atoms with Gasteiger partial charge in [0.1, 0.15) is 12.7 Å². The number of phosphoric acid groups is 1. The summed E-state index contributed by atoms with van der Waals surface area (Å²) >= 11 is 0. The molecule has 0 aliphatic carbocycles.